The molecule has 0 bridgehead atoms. The van der Waals surface area contributed by atoms with Gasteiger partial charge in [0.2, 0.25) is 0 Å². The molecule has 20 heavy (non-hydrogen) atoms. The summed E-state index contributed by atoms with van der Waals surface area (Å²) in [5.74, 6) is -0.186. The molecule has 5 nitrogen and oxygen atoms in total. The maximum absolute atomic E-state index is 11.9. The molecule has 0 radical (unpaired) electrons. The molecule has 0 spiro atoms. The maximum atomic E-state index is 11.9. The third-order valence-electron chi connectivity index (χ3n) is 3.74. The molecular formula is C15H18N4O. The van der Waals surface area contributed by atoms with E-state index in [1.54, 1.807) is 6.20 Å². The van der Waals surface area contributed by atoms with E-state index in [0.29, 0.717) is 18.3 Å². The number of hydrogen-bond acceptors (Lipinski definition) is 3. The molecule has 1 aliphatic rings. The van der Waals surface area contributed by atoms with E-state index in [4.69, 9.17) is 0 Å². The van der Waals surface area contributed by atoms with E-state index in [9.17, 15) is 4.79 Å². The van der Waals surface area contributed by atoms with Gasteiger partial charge in [0.15, 0.2) is 0 Å². The van der Waals surface area contributed by atoms with Crippen LogP contribution >= 0.6 is 0 Å². The van der Waals surface area contributed by atoms with Crippen LogP contribution in [0.3, 0.4) is 0 Å². The molecule has 1 amide bonds. The number of nitrogens with zero attached hydrogens (tertiary/aromatic N) is 3. The molecule has 2 aromatic heterocycles. The van der Waals surface area contributed by atoms with Gasteiger partial charge in [0.1, 0.15) is 5.69 Å². The summed E-state index contributed by atoms with van der Waals surface area (Å²) in [6.07, 6.45) is 7.08. The van der Waals surface area contributed by atoms with Gasteiger partial charge < -0.3 is 9.88 Å². The molecule has 1 saturated carbocycles. The molecule has 0 aromatic carbocycles. The molecule has 0 aliphatic heterocycles. The summed E-state index contributed by atoms with van der Waals surface area (Å²) < 4.78 is 2.38. The zero-order chi connectivity index (χ0) is 14.1. The number of amides is 1. The Hall–Kier alpha value is -2.17. The Morgan fingerprint density at radius 3 is 2.85 bits per heavy atom. The molecule has 2 aromatic rings. The lowest BCUT2D eigenvalue weighted by Crippen LogP contribution is -2.24. The van der Waals surface area contributed by atoms with E-state index in [1.807, 2.05) is 0 Å². The van der Waals surface area contributed by atoms with Crippen LogP contribution in [-0.4, -0.2) is 20.4 Å². The van der Waals surface area contributed by atoms with Crippen LogP contribution in [0.2, 0.25) is 0 Å². The Balaban J connectivity index is 1.70. The van der Waals surface area contributed by atoms with Crippen molar-refractivity contribution in [1.82, 2.24) is 19.9 Å². The lowest BCUT2D eigenvalue weighted by molar-refractivity contribution is 0.0945. The minimum atomic E-state index is -0.186. The summed E-state index contributed by atoms with van der Waals surface area (Å²) in [6, 6.07) is 2.82. The summed E-state index contributed by atoms with van der Waals surface area (Å²) in [5, 5.41) is 2.90. The predicted octanol–water partition coefficient (Wildman–Crippen LogP) is 2.16. The van der Waals surface area contributed by atoms with E-state index < -0.39 is 0 Å². The minimum Gasteiger partial charge on any atom is -0.347 e. The minimum absolute atomic E-state index is 0.186. The van der Waals surface area contributed by atoms with Gasteiger partial charge in [0.25, 0.3) is 5.91 Å². The number of hydrogen-bond donors (Lipinski definition) is 1. The Bertz CT molecular complexity index is 629. The molecule has 1 aliphatic carbocycles. The van der Waals surface area contributed by atoms with E-state index in [1.165, 1.54) is 42.2 Å². The fourth-order valence-corrected chi connectivity index (χ4v) is 2.60. The molecule has 5 heteroatoms. The molecule has 3 rings (SSSR count). The highest BCUT2D eigenvalue weighted by Crippen LogP contribution is 2.38. The molecule has 104 valence electrons. The molecular weight excluding hydrogens is 252 g/mol. The van der Waals surface area contributed by atoms with Crippen molar-refractivity contribution >= 4 is 5.91 Å². The highest BCUT2D eigenvalue weighted by atomic mass is 16.1. The fraction of sp³-hybridized carbons (Fsp3) is 0.400. The van der Waals surface area contributed by atoms with Gasteiger partial charge in [-0.25, -0.2) is 4.98 Å². The summed E-state index contributed by atoms with van der Waals surface area (Å²) in [4.78, 5) is 19.8. The average Bonchev–Trinajstić information content (AvgIpc) is 3.24. The van der Waals surface area contributed by atoms with E-state index in [-0.39, 0.29) is 5.91 Å². The van der Waals surface area contributed by atoms with Crippen molar-refractivity contribution in [2.24, 2.45) is 0 Å². The van der Waals surface area contributed by atoms with E-state index >= 15 is 0 Å². The third kappa shape index (κ3) is 2.43. The SMILES string of the molecule is Cc1cc(CNC(=O)c2cnccn2)c(C)n1C1CC1. The first-order chi connectivity index (χ1) is 9.66. The van der Waals surface area contributed by atoms with Gasteiger partial charge in [-0.1, -0.05) is 0 Å². The van der Waals surface area contributed by atoms with E-state index in [0.717, 1.165) is 0 Å². The number of carbonyl (C=O) groups excluding carboxylic acids is 1. The summed E-state index contributed by atoms with van der Waals surface area (Å²) in [5.41, 5.74) is 4.05. The lowest BCUT2D eigenvalue weighted by Gasteiger charge is -2.08. The predicted molar refractivity (Wildman–Crippen MR) is 75.4 cm³/mol. The first-order valence-corrected chi connectivity index (χ1v) is 6.88. The zero-order valence-corrected chi connectivity index (χ0v) is 11.8. The van der Waals surface area contributed by atoms with Gasteiger partial charge in [0.05, 0.1) is 6.20 Å². The van der Waals surface area contributed by atoms with Crippen molar-refractivity contribution in [3.05, 3.63) is 47.3 Å². The molecule has 1 N–H and O–H groups in total. The number of rotatable bonds is 4. The van der Waals surface area contributed by atoms with Crippen molar-refractivity contribution in [1.29, 1.82) is 0 Å². The van der Waals surface area contributed by atoms with Gasteiger partial charge in [-0.05, 0) is 38.3 Å². The normalized spacial score (nSPS) is 14.3. The maximum Gasteiger partial charge on any atom is 0.271 e. The highest BCUT2D eigenvalue weighted by Gasteiger charge is 2.26. The second kappa shape index (κ2) is 5.07. The van der Waals surface area contributed by atoms with Gasteiger partial charge >= 0.3 is 0 Å². The van der Waals surface area contributed by atoms with Crippen molar-refractivity contribution in [2.75, 3.05) is 0 Å². The first kappa shape index (κ1) is 12.8. The van der Waals surface area contributed by atoms with Crippen LogP contribution in [-0.2, 0) is 6.54 Å². The van der Waals surface area contributed by atoms with Crippen LogP contribution in [0.4, 0.5) is 0 Å². The van der Waals surface area contributed by atoms with Gasteiger partial charge in [0, 0.05) is 36.4 Å². The number of aryl methyl sites for hydroxylation is 1. The highest BCUT2D eigenvalue weighted by molar-refractivity contribution is 5.91. The Labute approximate surface area is 118 Å². The third-order valence-corrected chi connectivity index (χ3v) is 3.74. The quantitative estimate of drug-likeness (QED) is 0.926. The second-order valence-corrected chi connectivity index (χ2v) is 5.27. The van der Waals surface area contributed by atoms with Crippen LogP contribution in [0.1, 0.15) is 46.3 Å². The lowest BCUT2D eigenvalue weighted by atomic mass is 10.2. The Morgan fingerprint density at radius 2 is 2.20 bits per heavy atom. The second-order valence-electron chi connectivity index (χ2n) is 5.27. The van der Waals surface area contributed by atoms with Crippen molar-refractivity contribution in [2.45, 2.75) is 39.3 Å². The molecule has 0 saturated heterocycles. The van der Waals surface area contributed by atoms with Crippen molar-refractivity contribution in [3.63, 3.8) is 0 Å². The van der Waals surface area contributed by atoms with E-state index in [2.05, 4.69) is 39.8 Å². The Morgan fingerprint density at radius 1 is 1.40 bits per heavy atom. The molecule has 1 fully saturated rings. The topological polar surface area (TPSA) is 59.8 Å². The number of carbonyl (C=O) groups is 1. The first-order valence-electron chi connectivity index (χ1n) is 6.88. The largest absolute Gasteiger partial charge is 0.347 e. The molecule has 0 unspecified atom stereocenters. The van der Waals surface area contributed by atoms with Gasteiger partial charge in [-0.2, -0.15) is 0 Å². The van der Waals surface area contributed by atoms with Crippen molar-refractivity contribution < 1.29 is 4.79 Å². The Kier molecular flexibility index (Phi) is 3.26. The fourth-order valence-electron chi connectivity index (χ4n) is 2.60. The van der Waals surface area contributed by atoms with Gasteiger partial charge in [-0.15, -0.1) is 0 Å². The van der Waals surface area contributed by atoms with Crippen LogP contribution in [0.5, 0.6) is 0 Å². The smallest absolute Gasteiger partial charge is 0.271 e. The van der Waals surface area contributed by atoms with Crippen LogP contribution < -0.4 is 5.32 Å². The summed E-state index contributed by atoms with van der Waals surface area (Å²) in [6.45, 7) is 4.77. The standard InChI is InChI=1S/C15H18N4O/c1-10-7-12(11(2)19(10)13-3-4-13)8-18-15(20)14-9-16-5-6-17-14/h5-7,9,13H,3-4,8H2,1-2H3,(H,18,20). The monoisotopic (exact) mass is 270 g/mol. The van der Waals surface area contributed by atoms with Crippen molar-refractivity contribution in [3.8, 4) is 0 Å². The number of nitrogens with one attached hydrogen (secondary N) is 1. The molecule has 2 heterocycles. The van der Waals surface area contributed by atoms with Gasteiger partial charge in [-0.3, -0.25) is 9.78 Å². The summed E-state index contributed by atoms with van der Waals surface area (Å²) in [7, 11) is 0. The molecule has 0 atom stereocenters. The van der Waals surface area contributed by atoms with Crippen LogP contribution in [0.25, 0.3) is 0 Å². The van der Waals surface area contributed by atoms with Crippen LogP contribution in [0.15, 0.2) is 24.7 Å². The van der Waals surface area contributed by atoms with Crippen LogP contribution in [0, 0.1) is 13.8 Å². The zero-order valence-electron chi connectivity index (χ0n) is 11.8. The summed E-state index contributed by atoms with van der Waals surface area (Å²) >= 11 is 0. The number of aromatic nitrogens is 3. The average molecular weight is 270 g/mol.